The van der Waals surface area contributed by atoms with E-state index in [0.29, 0.717) is 6.04 Å². The maximum atomic E-state index is 5.44. The highest BCUT2D eigenvalue weighted by molar-refractivity contribution is 7.12. The second-order valence-electron chi connectivity index (χ2n) is 5.01. The molecule has 0 spiro atoms. The molecule has 0 saturated heterocycles. The van der Waals surface area contributed by atoms with Crippen LogP contribution in [0.2, 0.25) is 0 Å². The fourth-order valence-corrected chi connectivity index (χ4v) is 3.35. The van der Waals surface area contributed by atoms with E-state index in [1.54, 1.807) is 7.11 Å². The fraction of sp³-hybridized carbons (Fsp3) is 0.412. The molecule has 0 bridgehead atoms. The zero-order valence-corrected chi connectivity index (χ0v) is 13.5. The van der Waals surface area contributed by atoms with Crippen molar-refractivity contribution in [3.63, 3.8) is 0 Å². The standard InChI is InChI=1S/C17H23NOS/c1-5-14-10-11-17(20-14)13(3)18-12(2)15-8-6-7-9-16(15)19-4/h6-13,18H,5H2,1-4H3/t12-,13?/m0/s1. The van der Waals surface area contributed by atoms with E-state index in [2.05, 4.69) is 50.4 Å². The van der Waals surface area contributed by atoms with E-state index in [9.17, 15) is 0 Å². The van der Waals surface area contributed by atoms with Gasteiger partial charge < -0.3 is 10.1 Å². The SMILES string of the molecule is CCc1ccc(C(C)N[C@@H](C)c2ccccc2OC)s1. The Morgan fingerprint density at radius 1 is 1.10 bits per heavy atom. The van der Waals surface area contributed by atoms with E-state index < -0.39 is 0 Å². The van der Waals surface area contributed by atoms with Crippen LogP contribution in [0, 0.1) is 0 Å². The van der Waals surface area contributed by atoms with Crippen molar-refractivity contribution in [3.05, 3.63) is 51.7 Å². The van der Waals surface area contributed by atoms with Crippen molar-refractivity contribution >= 4 is 11.3 Å². The van der Waals surface area contributed by atoms with Gasteiger partial charge in [-0.25, -0.2) is 0 Å². The summed E-state index contributed by atoms with van der Waals surface area (Å²) in [7, 11) is 1.72. The van der Waals surface area contributed by atoms with E-state index >= 15 is 0 Å². The van der Waals surface area contributed by atoms with Crippen LogP contribution in [0.4, 0.5) is 0 Å². The molecule has 2 rings (SSSR count). The molecule has 0 saturated carbocycles. The minimum absolute atomic E-state index is 0.258. The number of thiophene rings is 1. The third-order valence-electron chi connectivity index (χ3n) is 3.56. The smallest absolute Gasteiger partial charge is 0.123 e. The van der Waals surface area contributed by atoms with E-state index in [4.69, 9.17) is 4.74 Å². The minimum atomic E-state index is 0.258. The number of hydrogen-bond acceptors (Lipinski definition) is 3. The first kappa shape index (κ1) is 15.1. The van der Waals surface area contributed by atoms with E-state index in [1.165, 1.54) is 15.3 Å². The molecule has 0 aliphatic carbocycles. The Balaban J connectivity index is 2.08. The third-order valence-corrected chi connectivity index (χ3v) is 4.98. The molecule has 0 amide bonds. The molecule has 20 heavy (non-hydrogen) atoms. The second kappa shape index (κ2) is 6.91. The van der Waals surface area contributed by atoms with Gasteiger partial charge in [-0.3, -0.25) is 0 Å². The Morgan fingerprint density at radius 2 is 1.85 bits per heavy atom. The van der Waals surface area contributed by atoms with Crippen LogP contribution in [-0.2, 0) is 6.42 Å². The predicted molar refractivity (Wildman–Crippen MR) is 86.7 cm³/mol. The van der Waals surface area contributed by atoms with Crippen LogP contribution in [0.3, 0.4) is 0 Å². The summed E-state index contributed by atoms with van der Waals surface area (Å²) in [6.45, 7) is 6.60. The number of para-hydroxylation sites is 1. The second-order valence-corrected chi connectivity index (χ2v) is 6.21. The quantitative estimate of drug-likeness (QED) is 0.830. The van der Waals surface area contributed by atoms with Crippen LogP contribution >= 0.6 is 11.3 Å². The van der Waals surface area contributed by atoms with Crippen LogP contribution in [0.1, 0.15) is 48.2 Å². The summed E-state index contributed by atoms with van der Waals surface area (Å²) in [6.07, 6.45) is 1.11. The molecule has 0 aliphatic rings. The third kappa shape index (κ3) is 3.41. The fourth-order valence-electron chi connectivity index (χ4n) is 2.39. The Morgan fingerprint density at radius 3 is 2.50 bits per heavy atom. The van der Waals surface area contributed by atoms with Gasteiger partial charge in [0.1, 0.15) is 5.75 Å². The van der Waals surface area contributed by atoms with Gasteiger partial charge in [-0.2, -0.15) is 0 Å². The molecule has 1 N–H and O–H groups in total. The van der Waals surface area contributed by atoms with Gasteiger partial charge in [-0.1, -0.05) is 25.1 Å². The van der Waals surface area contributed by atoms with Gasteiger partial charge in [0.25, 0.3) is 0 Å². The van der Waals surface area contributed by atoms with Gasteiger partial charge in [0.05, 0.1) is 7.11 Å². The normalized spacial score (nSPS) is 14.0. The van der Waals surface area contributed by atoms with Crippen molar-refractivity contribution in [1.82, 2.24) is 5.32 Å². The highest BCUT2D eigenvalue weighted by atomic mass is 32.1. The number of aryl methyl sites for hydroxylation is 1. The Hall–Kier alpha value is -1.32. The predicted octanol–water partition coefficient (Wildman–Crippen LogP) is 4.73. The number of methoxy groups -OCH3 is 1. The monoisotopic (exact) mass is 289 g/mol. The lowest BCUT2D eigenvalue weighted by atomic mass is 10.1. The number of hydrogen-bond donors (Lipinski definition) is 1. The Labute approximate surface area is 125 Å². The van der Waals surface area contributed by atoms with E-state index in [0.717, 1.165) is 12.2 Å². The molecule has 2 atom stereocenters. The first-order valence-electron chi connectivity index (χ1n) is 7.13. The van der Waals surface area contributed by atoms with Crippen molar-refractivity contribution in [1.29, 1.82) is 0 Å². The summed E-state index contributed by atoms with van der Waals surface area (Å²) >= 11 is 1.89. The summed E-state index contributed by atoms with van der Waals surface area (Å²) < 4.78 is 5.44. The van der Waals surface area contributed by atoms with Gasteiger partial charge in [0, 0.05) is 27.4 Å². The zero-order valence-electron chi connectivity index (χ0n) is 12.6. The van der Waals surface area contributed by atoms with Crippen LogP contribution in [0.25, 0.3) is 0 Å². The van der Waals surface area contributed by atoms with Crippen LogP contribution in [0.15, 0.2) is 36.4 Å². The topological polar surface area (TPSA) is 21.3 Å². The Kier molecular flexibility index (Phi) is 5.21. The maximum absolute atomic E-state index is 5.44. The van der Waals surface area contributed by atoms with Crippen LogP contribution < -0.4 is 10.1 Å². The summed E-state index contributed by atoms with van der Waals surface area (Å²) in [5.41, 5.74) is 1.20. The molecule has 3 heteroatoms. The number of benzene rings is 1. The average molecular weight is 289 g/mol. The zero-order chi connectivity index (χ0) is 14.5. The molecule has 2 nitrogen and oxygen atoms in total. The molecule has 0 fully saturated rings. The van der Waals surface area contributed by atoms with E-state index in [1.807, 2.05) is 23.5 Å². The summed E-state index contributed by atoms with van der Waals surface area (Å²) in [4.78, 5) is 2.84. The molecule has 108 valence electrons. The van der Waals surface area contributed by atoms with Crippen molar-refractivity contribution in [3.8, 4) is 5.75 Å². The molecule has 0 radical (unpaired) electrons. The Bertz CT molecular complexity index is 549. The van der Waals surface area contributed by atoms with Crippen LogP contribution in [-0.4, -0.2) is 7.11 Å². The number of nitrogens with one attached hydrogen (secondary N) is 1. The molecular formula is C17H23NOS. The van der Waals surface area contributed by atoms with Gasteiger partial charge in [-0.15, -0.1) is 11.3 Å². The molecule has 1 aromatic carbocycles. The minimum Gasteiger partial charge on any atom is -0.496 e. The van der Waals surface area contributed by atoms with E-state index in [-0.39, 0.29) is 6.04 Å². The molecule has 1 unspecified atom stereocenters. The first-order chi connectivity index (χ1) is 9.65. The summed E-state index contributed by atoms with van der Waals surface area (Å²) in [5.74, 6) is 0.945. The van der Waals surface area contributed by atoms with Gasteiger partial charge in [0.2, 0.25) is 0 Å². The molecule has 1 heterocycles. The van der Waals surface area contributed by atoms with Gasteiger partial charge in [-0.05, 0) is 38.5 Å². The molecule has 0 aliphatic heterocycles. The lowest BCUT2D eigenvalue weighted by molar-refractivity contribution is 0.397. The summed E-state index contributed by atoms with van der Waals surface area (Å²) in [6, 6.07) is 13.3. The van der Waals surface area contributed by atoms with Crippen molar-refractivity contribution in [2.24, 2.45) is 0 Å². The lowest BCUT2D eigenvalue weighted by Gasteiger charge is -2.21. The average Bonchev–Trinajstić information content (AvgIpc) is 2.96. The van der Waals surface area contributed by atoms with Crippen LogP contribution in [0.5, 0.6) is 5.75 Å². The van der Waals surface area contributed by atoms with Crippen molar-refractivity contribution in [2.75, 3.05) is 7.11 Å². The number of rotatable bonds is 6. The number of ether oxygens (including phenoxy) is 1. The van der Waals surface area contributed by atoms with Crippen molar-refractivity contribution < 1.29 is 4.74 Å². The highest BCUT2D eigenvalue weighted by Gasteiger charge is 2.15. The first-order valence-corrected chi connectivity index (χ1v) is 7.95. The molecular weight excluding hydrogens is 266 g/mol. The largest absolute Gasteiger partial charge is 0.496 e. The molecule has 2 aromatic rings. The highest BCUT2D eigenvalue weighted by Crippen LogP contribution is 2.29. The lowest BCUT2D eigenvalue weighted by Crippen LogP contribution is -2.22. The summed E-state index contributed by atoms with van der Waals surface area (Å²) in [5, 5.41) is 3.65. The van der Waals surface area contributed by atoms with Crippen molar-refractivity contribution in [2.45, 2.75) is 39.3 Å². The molecule has 1 aromatic heterocycles. The van der Waals surface area contributed by atoms with Gasteiger partial charge >= 0.3 is 0 Å². The van der Waals surface area contributed by atoms with Gasteiger partial charge in [0.15, 0.2) is 0 Å². The maximum Gasteiger partial charge on any atom is 0.123 e.